The third-order valence-electron chi connectivity index (χ3n) is 2.90. The summed E-state index contributed by atoms with van der Waals surface area (Å²) in [6, 6.07) is 13.8. The lowest BCUT2D eigenvalue weighted by atomic mass is 9.91. The van der Waals surface area contributed by atoms with E-state index >= 15 is 0 Å². The third kappa shape index (κ3) is 3.36. The van der Waals surface area contributed by atoms with Crippen LogP contribution in [0.15, 0.2) is 52.1 Å². The predicted molar refractivity (Wildman–Crippen MR) is 79.1 cm³/mol. The van der Waals surface area contributed by atoms with Gasteiger partial charge in [0.25, 0.3) is 0 Å². The van der Waals surface area contributed by atoms with Gasteiger partial charge in [-0.3, -0.25) is 0 Å². The lowest BCUT2D eigenvalue weighted by Gasteiger charge is -2.26. The van der Waals surface area contributed by atoms with Crippen LogP contribution in [0.25, 0.3) is 0 Å². The SMILES string of the molecule is NCC(O)(CCSc1cccs1)c1ccccc1. The molecule has 1 unspecified atom stereocenters. The summed E-state index contributed by atoms with van der Waals surface area (Å²) in [6.45, 7) is 0.252. The first-order valence-electron chi connectivity index (χ1n) is 5.89. The van der Waals surface area contributed by atoms with Crippen LogP contribution >= 0.6 is 23.1 Å². The lowest BCUT2D eigenvalue weighted by Crippen LogP contribution is -2.35. The average molecular weight is 279 g/mol. The summed E-state index contributed by atoms with van der Waals surface area (Å²) in [6.07, 6.45) is 0.663. The highest BCUT2D eigenvalue weighted by molar-refractivity contribution is 8.01. The van der Waals surface area contributed by atoms with Crippen molar-refractivity contribution in [3.63, 3.8) is 0 Å². The van der Waals surface area contributed by atoms with Crippen molar-refractivity contribution in [1.82, 2.24) is 0 Å². The molecule has 0 saturated heterocycles. The number of aliphatic hydroxyl groups is 1. The summed E-state index contributed by atoms with van der Waals surface area (Å²) in [5.74, 6) is 0.864. The van der Waals surface area contributed by atoms with Crippen molar-refractivity contribution in [3.8, 4) is 0 Å². The second-order valence-corrected chi connectivity index (χ2v) is 6.48. The molecule has 1 aromatic carbocycles. The molecule has 4 heteroatoms. The van der Waals surface area contributed by atoms with Gasteiger partial charge in [-0.15, -0.1) is 23.1 Å². The highest BCUT2D eigenvalue weighted by atomic mass is 32.2. The molecule has 2 nitrogen and oxygen atoms in total. The monoisotopic (exact) mass is 279 g/mol. The Morgan fingerprint density at radius 2 is 1.94 bits per heavy atom. The summed E-state index contributed by atoms with van der Waals surface area (Å²) in [5.41, 5.74) is 5.73. The second-order valence-electron chi connectivity index (χ2n) is 4.13. The molecule has 0 aliphatic heterocycles. The highest BCUT2D eigenvalue weighted by Gasteiger charge is 2.26. The largest absolute Gasteiger partial charge is 0.384 e. The number of hydrogen-bond donors (Lipinski definition) is 2. The second kappa shape index (κ2) is 6.38. The number of hydrogen-bond acceptors (Lipinski definition) is 4. The van der Waals surface area contributed by atoms with Crippen molar-refractivity contribution >= 4 is 23.1 Å². The Morgan fingerprint density at radius 1 is 1.17 bits per heavy atom. The molecule has 0 amide bonds. The number of thioether (sulfide) groups is 1. The normalized spacial score (nSPS) is 14.3. The minimum atomic E-state index is -0.911. The van der Waals surface area contributed by atoms with Crippen molar-refractivity contribution < 1.29 is 5.11 Å². The van der Waals surface area contributed by atoms with E-state index in [2.05, 4.69) is 11.4 Å². The number of nitrogens with two attached hydrogens (primary N) is 1. The molecular formula is C14H17NOS2. The van der Waals surface area contributed by atoms with E-state index in [1.807, 2.05) is 36.4 Å². The maximum atomic E-state index is 10.6. The van der Waals surface area contributed by atoms with Crippen molar-refractivity contribution in [1.29, 1.82) is 0 Å². The van der Waals surface area contributed by atoms with E-state index in [1.54, 1.807) is 23.1 Å². The first-order chi connectivity index (χ1) is 8.74. The van der Waals surface area contributed by atoms with Gasteiger partial charge in [-0.25, -0.2) is 0 Å². The number of rotatable bonds is 6. The molecule has 0 aliphatic carbocycles. The molecule has 0 fully saturated rings. The van der Waals surface area contributed by atoms with Gasteiger partial charge in [0, 0.05) is 12.3 Å². The Labute approximate surface area is 116 Å². The van der Waals surface area contributed by atoms with E-state index in [1.165, 1.54) is 4.21 Å². The van der Waals surface area contributed by atoms with Crippen LogP contribution in [-0.4, -0.2) is 17.4 Å². The Balaban J connectivity index is 1.96. The van der Waals surface area contributed by atoms with Crippen LogP contribution in [0.2, 0.25) is 0 Å². The van der Waals surface area contributed by atoms with E-state index < -0.39 is 5.60 Å². The van der Waals surface area contributed by atoms with Crippen LogP contribution in [0.5, 0.6) is 0 Å². The molecule has 1 heterocycles. The first-order valence-corrected chi connectivity index (χ1v) is 7.75. The van der Waals surface area contributed by atoms with Crippen LogP contribution in [-0.2, 0) is 5.60 Å². The quantitative estimate of drug-likeness (QED) is 0.799. The van der Waals surface area contributed by atoms with E-state index in [-0.39, 0.29) is 6.54 Å². The minimum Gasteiger partial charge on any atom is -0.384 e. The smallest absolute Gasteiger partial charge is 0.103 e. The zero-order valence-electron chi connectivity index (χ0n) is 10.1. The van der Waals surface area contributed by atoms with Crippen LogP contribution in [0.1, 0.15) is 12.0 Å². The van der Waals surface area contributed by atoms with Crippen molar-refractivity contribution in [2.24, 2.45) is 5.73 Å². The van der Waals surface area contributed by atoms with Crippen LogP contribution < -0.4 is 5.73 Å². The Hall–Kier alpha value is -0.810. The van der Waals surface area contributed by atoms with Crippen LogP contribution in [0.4, 0.5) is 0 Å². The molecular weight excluding hydrogens is 262 g/mol. The zero-order valence-corrected chi connectivity index (χ0v) is 11.7. The van der Waals surface area contributed by atoms with Crippen LogP contribution in [0.3, 0.4) is 0 Å². The third-order valence-corrected chi connectivity index (χ3v) is 5.04. The van der Waals surface area contributed by atoms with Gasteiger partial charge in [0.05, 0.1) is 4.21 Å². The van der Waals surface area contributed by atoms with Crippen molar-refractivity contribution in [2.75, 3.05) is 12.3 Å². The fourth-order valence-corrected chi connectivity index (χ4v) is 3.73. The molecule has 1 atom stereocenters. The fourth-order valence-electron chi connectivity index (χ4n) is 1.78. The topological polar surface area (TPSA) is 46.2 Å². The molecule has 0 saturated carbocycles. The Morgan fingerprint density at radius 3 is 2.56 bits per heavy atom. The number of thiophene rings is 1. The van der Waals surface area contributed by atoms with Crippen LogP contribution in [0, 0.1) is 0 Å². The molecule has 96 valence electrons. The van der Waals surface area contributed by atoms with E-state index in [0.717, 1.165) is 11.3 Å². The van der Waals surface area contributed by atoms with Crippen molar-refractivity contribution in [2.45, 2.75) is 16.2 Å². The standard InChI is InChI=1S/C14H17NOS2/c15-11-14(16,12-5-2-1-3-6-12)8-10-18-13-7-4-9-17-13/h1-7,9,16H,8,10-11,15H2. The van der Waals surface area contributed by atoms with E-state index in [0.29, 0.717) is 6.42 Å². The van der Waals surface area contributed by atoms with E-state index in [9.17, 15) is 5.11 Å². The highest BCUT2D eigenvalue weighted by Crippen LogP contribution is 2.30. The molecule has 0 radical (unpaired) electrons. The Kier molecular flexibility index (Phi) is 4.83. The van der Waals surface area contributed by atoms with E-state index in [4.69, 9.17) is 5.73 Å². The minimum absolute atomic E-state index is 0.252. The molecule has 2 aromatic rings. The molecule has 1 aromatic heterocycles. The molecule has 0 aliphatic rings. The summed E-state index contributed by atoms with van der Waals surface area (Å²) in [5, 5.41) is 12.6. The van der Waals surface area contributed by atoms with Gasteiger partial charge in [-0.05, 0) is 23.4 Å². The van der Waals surface area contributed by atoms with Gasteiger partial charge in [0.2, 0.25) is 0 Å². The molecule has 3 N–H and O–H groups in total. The predicted octanol–water partition coefficient (Wildman–Crippen LogP) is 3.08. The van der Waals surface area contributed by atoms with Gasteiger partial charge in [-0.2, -0.15) is 0 Å². The molecule has 0 spiro atoms. The summed E-state index contributed by atoms with van der Waals surface area (Å²) < 4.78 is 1.28. The summed E-state index contributed by atoms with van der Waals surface area (Å²) in [7, 11) is 0. The average Bonchev–Trinajstić information content (AvgIpc) is 2.93. The lowest BCUT2D eigenvalue weighted by molar-refractivity contribution is 0.0431. The van der Waals surface area contributed by atoms with Gasteiger partial charge in [-0.1, -0.05) is 36.4 Å². The maximum absolute atomic E-state index is 10.6. The molecule has 2 rings (SSSR count). The molecule has 18 heavy (non-hydrogen) atoms. The maximum Gasteiger partial charge on any atom is 0.103 e. The van der Waals surface area contributed by atoms with Gasteiger partial charge < -0.3 is 10.8 Å². The van der Waals surface area contributed by atoms with Gasteiger partial charge in [0.15, 0.2) is 0 Å². The Bertz CT molecular complexity index is 458. The zero-order chi connectivity index (χ0) is 12.8. The van der Waals surface area contributed by atoms with Crippen molar-refractivity contribution in [3.05, 3.63) is 53.4 Å². The first kappa shape index (κ1) is 13.6. The summed E-state index contributed by atoms with van der Waals surface area (Å²) in [4.78, 5) is 0. The fraction of sp³-hybridized carbons (Fsp3) is 0.286. The van der Waals surface area contributed by atoms with Gasteiger partial charge in [0.1, 0.15) is 5.60 Å². The molecule has 0 bridgehead atoms. The van der Waals surface area contributed by atoms with Gasteiger partial charge >= 0.3 is 0 Å². The number of benzene rings is 1. The summed E-state index contributed by atoms with van der Waals surface area (Å²) >= 11 is 3.49.